The molecule has 1 N–H and O–H groups in total. The Hall–Kier alpha value is -1.55. The molecule has 0 aliphatic carbocycles. The first-order valence-corrected chi connectivity index (χ1v) is 7.66. The maximum absolute atomic E-state index is 12.1. The number of carbonyl (C=O) groups excluding carboxylic acids is 1. The summed E-state index contributed by atoms with van der Waals surface area (Å²) in [7, 11) is 0. The number of benzene rings is 1. The summed E-state index contributed by atoms with van der Waals surface area (Å²) in [5, 5.41) is 3.28. The fraction of sp³-hybridized carbons (Fsp3) is 0.562. The van der Waals surface area contributed by atoms with Gasteiger partial charge in [-0.25, -0.2) is 0 Å². The lowest BCUT2D eigenvalue weighted by molar-refractivity contribution is -0.131. The van der Waals surface area contributed by atoms with Crippen LogP contribution in [0.5, 0.6) is 0 Å². The van der Waals surface area contributed by atoms with Crippen LogP contribution in [0.2, 0.25) is 0 Å². The second-order valence-corrected chi connectivity index (χ2v) is 5.60. The molecule has 2 heterocycles. The highest BCUT2D eigenvalue weighted by Crippen LogP contribution is 2.27. The molecule has 20 heavy (non-hydrogen) atoms. The number of anilines is 1. The summed E-state index contributed by atoms with van der Waals surface area (Å²) in [6.07, 6.45) is 2.78. The zero-order valence-corrected chi connectivity index (χ0v) is 12.0. The Morgan fingerprint density at radius 3 is 2.80 bits per heavy atom. The van der Waals surface area contributed by atoms with Gasteiger partial charge in [0.15, 0.2) is 0 Å². The van der Waals surface area contributed by atoms with Gasteiger partial charge in [-0.3, -0.25) is 4.79 Å². The molecule has 4 heteroatoms. The standard InChI is InChI=1S/C16H23N3O/c20-16(19-12-8-17-9-13-19)6-3-10-18-11-7-14-4-1-2-5-15(14)18/h1-2,4-5,17H,3,6-13H2. The van der Waals surface area contributed by atoms with Crippen LogP contribution in [0.1, 0.15) is 18.4 Å². The van der Waals surface area contributed by atoms with Crippen LogP contribution < -0.4 is 10.2 Å². The highest BCUT2D eigenvalue weighted by Gasteiger charge is 2.19. The number of para-hydroxylation sites is 1. The van der Waals surface area contributed by atoms with Crippen molar-refractivity contribution in [3.8, 4) is 0 Å². The van der Waals surface area contributed by atoms with E-state index in [2.05, 4.69) is 34.5 Å². The van der Waals surface area contributed by atoms with E-state index in [1.807, 2.05) is 4.90 Å². The van der Waals surface area contributed by atoms with Crippen molar-refractivity contribution in [3.05, 3.63) is 29.8 Å². The molecule has 1 fully saturated rings. The molecule has 0 radical (unpaired) electrons. The average Bonchev–Trinajstić information content (AvgIpc) is 2.92. The Labute approximate surface area is 120 Å². The van der Waals surface area contributed by atoms with Crippen molar-refractivity contribution in [1.82, 2.24) is 10.2 Å². The number of fused-ring (bicyclic) bond motifs is 1. The fourth-order valence-electron chi connectivity index (χ4n) is 3.13. The van der Waals surface area contributed by atoms with E-state index < -0.39 is 0 Å². The van der Waals surface area contributed by atoms with Gasteiger partial charge in [-0.15, -0.1) is 0 Å². The molecule has 0 bridgehead atoms. The molecule has 0 aromatic heterocycles. The molecule has 1 aromatic carbocycles. The number of piperazine rings is 1. The predicted molar refractivity (Wildman–Crippen MR) is 81.0 cm³/mol. The lowest BCUT2D eigenvalue weighted by atomic mass is 10.2. The van der Waals surface area contributed by atoms with Crippen LogP contribution in [0.4, 0.5) is 5.69 Å². The van der Waals surface area contributed by atoms with Crippen LogP contribution in [-0.2, 0) is 11.2 Å². The molecule has 1 saturated heterocycles. The largest absolute Gasteiger partial charge is 0.371 e. The minimum absolute atomic E-state index is 0.319. The molecule has 108 valence electrons. The Morgan fingerprint density at radius 2 is 1.95 bits per heavy atom. The number of nitrogens with one attached hydrogen (secondary N) is 1. The normalized spacial score (nSPS) is 18.2. The molecule has 4 nitrogen and oxygen atoms in total. The van der Waals surface area contributed by atoms with Crippen LogP contribution in [0, 0.1) is 0 Å². The monoisotopic (exact) mass is 273 g/mol. The first-order chi connectivity index (χ1) is 9.84. The molecule has 1 aromatic rings. The minimum atomic E-state index is 0.319. The topological polar surface area (TPSA) is 35.6 Å². The van der Waals surface area contributed by atoms with Crippen molar-refractivity contribution in [3.63, 3.8) is 0 Å². The third kappa shape index (κ3) is 2.96. The van der Waals surface area contributed by atoms with Gasteiger partial charge in [0.1, 0.15) is 0 Å². The van der Waals surface area contributed by atoms with Gasteiger partial charge in [0.2, 0.25) is 5.91 Å². The summed E-state index contributed by atoms with van der Waals surface area (Å²) in [4.78, 5) is 16.5. The minimum Gasteiger partial charge on any atom is -0.371 e. The molecular weight excluding hydrogens is 250 g/mol. The van der Waals surface area contributed by atoms with E-state index in [0.29, 0.717) is 12.3 Å². The van der Waals surface area contributed by atoms with Crippen molar-refractivity contribution in [2.45, 2.75) is 19.3 Å². The quantitative estimate of drug-likeness (QED) is 0.897. The third-order valence-electron chi connectivity index (χ3n) is 4.27. The van der Waals surface area contributed by atoms with Crippen molar-refractivity contribution < 1.29 is 4.79 Å². The molecule has 3 rings (SSSR count). The van der Waals surface area contributed by atoms with Crippen LogP contribution in [0.15, 0.2) is 24.3 Å². The van der Waals surface area contributed by atoms with E-state index in [0.717, 1.165) is 52.1 Å². The molecule has 2 aliphatic heterocycles. The summed E-state index contributed by atoms with van der Waals surface area (Å²) in [6.45, 7) is 5.70. The van der Waals surface area contributed by atoms with Gasteiger partial charge in [-0.05, 0) is 24.5 Å². The number of rotatable bonds is 4. The number of nitrogens with zero attached hydrogens (tertiary/aromatic N) is 2. The zero-order valence-electron chi connectivity index (χ0n) is 12.0. The van der Waals surface area contributed by atoms with Crippen LogP contribution in [0.3, 0.4) is 0 Å². The summed E-state index contributed by atoms with van der Waals surface area (Å²) >= 11 is 0. The smallest absolute Gasteiger partial charge is 0.222 e. The van der Waals surface area contributed by atoms with E-state index in [9.17, 15) is 4.79 Å². The van der Waals surface area contributed by atoms with Gasteiger partial charge in [0.25, 0.3) is 0 Å². The summed E-state index contributed by atoms with van der Waals surface area (Å²) in [5.74, 6) is 0.319. The maximum Gasteiger partial charge on any atom is 0.222 e. The average molecular weight is 273 g/mol. The molecule has 0 atom stereocenters. The summed E-state index contributed by atoms with van der Waals surface area (Å²) < 4.78 is 0. The lowest BCUT2D eigenvalue weighted by Gasteiger charge is -2.28. The second-order valence-electron chi connectivity index (χ2n) is 5.60. The number of carbonyl (C=O) groups is 1. The second kappa shape index (κ2) is 6.27. The first kappa shape index (κ1) is 13.4. The van der Waals surface area contributed by atoms with Crippen LogP contribution in [-0.4, -0.2) is 50.1 Å². The van der Waals surface area contributed by atoms with Gasteiger partial charge in [-0.2, -0.15) is 0 Å². The predicted octanol–water partition coefficient (Wildman–Crippen LogP) is 1.26. The lowest BCUT2D eigenvalue weighted by Crippen LogP contribution is -2.46. The Kier molecular flexibility index (Phi) is 4.21. The molecule has 1 amide bonds. The number of amides is 1. The van der Waals surface area contributed by atoms with E-state index >= 15 is 0 Å². The van der Waals surface area contributed by atoms with Crippen molar-refractivity contribution in [2.24, 2.45) is 0 Å². The Bertz CT molecular complexity index is 469. The molecule has 2 aliphatic rings. The van der Waals surface area contributed by atoms with Crippen LogP contribution in [0.25, 0.3) is 0 Å². The SMILES string of the molecule is O=C(CCCN1CCc2ccccc21)N1CCNCC1. The molecule has 0 saturated carbocycles. The molecular formula is C16H23N3O. The van der Waals surface area contributed by atoms with E-state index in [1.165, 1.54) is 11.3 Å². The number of hydrogen-bond acceptors (Lipinski definition) is 3. The zero-order chi connectivity index (χ0) is 13.8. The fourth-order valence-corrected chi connectivity index (χ4v) is 3.13. The van der Waals surface area contributed by atoms with E-state index in [4.69, 9.17) is 0 Å². The molecule has 0 unspecified atom stereocenters. The van der Waals surface area contributed by atoms with Gasteiger partial charge in [0.05, 0.1) is 0 Å². The van der Waals surface area contributed by atoms with Gasteiger partial charge in [0, 0.05) is 51.4 Å². The van der Waals surface area contributed by atoms with Gasteiger partial charge >= 0.3 is 0 Å². The first-order valence-electron chi connectivity index (χ1n) is 7.66. The summed E-state index contributed by atoms with van der Waals surface area (Å²) in [6, 6.07) is 8.61. The van der Waals surface area contributed by atoms with E-state index in [-0.39, 0.29) is 0 Å². The Morgan fingerprint density at radius 1 is 1.15 bits per heavy atom. The van der Waals surface area contributed by atoms with Crippen molar-refractivity contribution >= 4 is 11.6 Å². The van der Waals surface area contributed by atoms with Gasteiger partial charge < -0.3 is 15.1 Å². The van der Waals surface area contributed by atoms with Crippen molar-refractivity contribution in [2.75, 3.05) is 44.2 Å². The highest BCUT2D eigenvalue weighted by molar-refractivity contribution is 5.76. The molecule has 0 spiro atoms. The maximum atomic E-state index is 12.1. The number of hydrogen-bond donors (Lipinski definition) is 1. The van der Waals surface area contributed by atoms with Crippen LogP contribution >= 0.6 is 0 Å². The Balaban J connectivity index is 1.45. The highest BCUT2D eigenvalue weighted by atomic mass is 16.2. The third-order valence-corrected chi connectivity index (χ3v) is 4.27. The summed E-state index contributed by atoms with van der Waals surface area (Å²) in [5.41, 5.74) is 2.81. The van der Waals surface area contributed by atoms with Gasteiger partial charge in [-0.1, -0.05) is 18.2 Å². The van der Waals surface area contributed by atoms with Crippen molar-refractivity contribution in [1.29, 1.82) is 0 Å². The van der Waals surface area contributed by atoms with E-state index in [1.54, 1.807) is 0 Å².